The molecular formula is C16H20O2. The largest absolute Gasteiger partial charge is 0.393 e. The van der Waals surface area contributed by atoms with Crippen molar-refractivity contribution in [3.8, 4) is 0 Å². The second-order valence-corrected chi connectivity index (χ2v) is 8.66. The SMILES string of the molecule is O[C@@H]1[C@H]2[C@H]3[C@H](O)[C@H]4[C@@H]5C6C7[C@H]4CC[C@H]7[C@@H]1[C@@H]6[C@H]2[C@@H]53. The molecule has 2 N–H and O–H groups in total. The molecule has 0 bridgehead atoms. The van der Waals surface area contributed by atoms with E-state index in [1.807, 2.05) is 0 Å². The molecule has 18 heavy (non-hydrogen) atoms. The molecule has 0 aromatic carbocycles. The second-order valence-electron chi connectivity index (χ2n) is 8.66. The van der Waals surface area contributed by atoms with Gasteiger partial charge in [0.25, 0.3) is 0 Å². The summed E-state index contributed by atoms with van der Waals surface area (Å²) in [6, 6.07) is 0. The van der Waals surface area contributed by atoms with Crippen LogP contribution in [0.25, 0.3) is 0 Å². The van der Waals surface area contributed by atoms with Crippen molar-refractivity contribution in [1.82, 2.24) is 0 Å². The minimum absolute atomic E-state index is 0.0371. The Balaban J connectivity index is 1.58. The third-order valence-electron chi connectivity index (χ3n) is 9.28. The van der Waals surface area contributed by atoms with Gasteiger partial charge in [-0.15, -0.1) is 0 Å². The van der Waals surface area contributed by atoms with Crippen LogP contribution in [0.1, 0.15) is 12.8 Å². The molecule has 7 saturated carbocycles. The molecule has 7 fully saturated rings. The van der Waals surface area contributed by atoms with Crippen LogP contribution in [0.15, 0.2) is 0 Å². The Morgan fingerprint density at radius 2 is 0.833 bits per heavy atom. The van der Waals surface area contributed by atoms with Crippen LogP contribution >= 0.6 is 0 Å². The molecule has 0 saturated heterocycles. The summed E-state index contributed by atoms with van der Waals surface area (Å²) in [6.07, 6.45) is 2.67. The zero-order valence-corrected chi connectivity index (χ0v) is 10.4. The third kappa shape index (κ3) is 0.541. The minimum Gasteiger partial charge on any atom is -0.393 e. The van der Waals surface area contributed by atoms with Crippen LogP contribution in [0.5, 0.6) is 0 Å². The summed E-state index contributed by atoms with van der Waals surface area (Å²) in [5.74, 6) is 9.38. The molecule has 0 aromatic rings. The van der Waals surface area contributed by atoms with Gasteiger partial charge in [-0.2, -0.15) is 0 Å². The van der Waals surface area contributed by atoms with Gasteiger partial charge < -0.3 is 10.2 Å². The molecule has 0 amide bonds. The van der Waals surface area contributed by atoms with Crippen molar-refractivity contribution >= 4 is 0 Å². The van der Waals surface area contributed by atoms with Gasteiger partial charge in [-0.05, 0) is 83.9 Å². The van der Waals surface area contributed by atoms with Crippen molar-refractivity contribution in [2.75, 3.05) is 0 Å². The average Bonchev–Trinajstić information content (AvgIpc) is 2.98. The molecule has 0 spiro atoms. The molecule has 2 unspecified atom stereocenters. The molecule has 2 nitrogen and oxygen atoms in total. The maximum absolute atomic E-state index is 10.8. The summed E-state index contributed by atoms with van der Waals surface area (Å²) in [5.41, 5.74) is 0. The minimum atomic E-state index is -0.0371. The van der Waals surface area contributed by atoms with Crippen LogP contribution in [0.4, 0.5) is 0 Å². The van der Waals surface area contributed by atoms with Crippen LogP contribution < -0.4 is 0 Å². The van der Waals surface area contributed by atoms with E-state index in [-0.39, 0.29) is 12.2 Å². The Bertz CT molecular complexity index is 431. The Hall–Kier alpha value is -0.0800. The fourth-order valence-corrected chi connectivity index (χ4v) is 9.73. The Kier molecular flexibility index (Phi) is 1.11. The van der Waals surface area contributed by atoms with Crippen molar-refractivity contribution in [3.05, 3.63) is 0 Å². The molecule has 7 aliphatic rings. The average molecular weight is 244 g/mol. The van der Waals surface area contributed by atoms with E-state index in [1.165, 1.54) is 12.8 Å². The lowest BCUT2D eigenvalue weighted by Gasteiger charge is -2.47. The fraction of sp³-hybridized carbons (Fsp3) is 1.00. The predicted molar refractivity (Wildman–Crippen MR) is 63.1 cm³/mol. The zero-order chi connectivity index (χ0) is 11.5. The van der Waals surface area contributed by atoms with Gasteiger partial charge in [-0.1, -0.05) is 0 Å². The summed E-state index contributed by atoms with van der Waals surface area (Å²) in [6.45, 7) is 0. The third-order valence-corrected chi connectivity index (χ3v) is 9.28. The molecular weight excluding hydrogens is 224 g/mol. The van der Waals surface area contributed by atoms with Gasteiger partial charge in [-0.25, -0.2) is 0 Å². The van der Waals surface area contributed by atoms with E-state index in [9.17, 15) is 10.2 Å². The lowest BCUT2D eigenvalue weighted by Crippen LogP contribution is -2.49. The van der Waals surface area contributed by atoms with E-state index in [4.69, 9.17) is 0 Å². The predicted octanol–water partition coefficient (Wildman–Crippen LogP) is 0.978. The van der Waals surface area contributed by atoms with E-state index in [2.05, 4.69) is 0 Å². The maximum Gasteiger partial charge on any atom is 0.0608 e. The van der Waals surface area contributed by atoms with Gasteiger partial charge in [0.1, 0.15) is 0 Å². The highest BCUT2D eigenvalue weighted by Crippen LogP contribution is 2.87. The van der Waals surface area contributed by atoms with E-state index in [1.54, 1.807) is 0 Å². The normalized spacial score (nSPS) is 87.0. The highest BCUT2D eigenvalue weighted by molar-refractivity contribution is 5.33. The lowest BCUT2D eigenvalue weighted by atomic mass is 9.59. The molecule has 7 aliphatic carbocycles. The summed E-state index contributed by atoms with van der Waals surface area (Å²) >= 11 is 0. The topological polar surface area (TPSA) is 40.5 Å². The number of hydrogen-bond donors (Lipinski definition) is 2. The first kappa shape index (κ1) is 8.97. The van der Waals surface area contributed by atoms with Gasteiger partial charge in [0, 0.05) is 0 Å². The maximum atomic E-state index is 10.8. The monoisotopic (exact) mass is 244 g/mol. The van der Waals surface area contributed by atoms with Crippen LogP contribution in [0.3, 0.4) is 0 Å². The Morgan fingerprint density at radius 3 is 1.33 bits per heavy atom. The molecule has 0 radical (unpaired) electrons. The quantitative estimate of drug-likeness (QED) is 0.667. The molecule has 0 heterocycles. The smallest absolute Gasteiger partial charge is 0.0608 e. The van der Waals surface area contributed by atoms with E-state index < -0.39 is 0 Å². The highest BCUT2D eigenvalue weighted by atomic mass is 16.3. The summed E-state index contributed by atoms with van der Waals surface area (Å²) in [5, 5.41) is 21.6. The van der Waals surface area contributed by atoms with E-state index in [0.29, 0.717) is 23.7 Å². The first-order valence-electron chi connectivity index (χ1n) is 8.17. The van der Waals surface area contributed by atoms with Crippen molar-refractivity contribution in [3.63, 3.8) is 0 Å². The molecule has 14 atom stereocenters. The molecule has 96 valence electrons. The zero-order valence-electron chi connectivity index (χ0n) is 10.4. The molecule has 0 aliphatic heterocycles. The molecule has 0 aromatic heterocycles. The number of fused-ring (bicyclic) bond motifs is 3. The summed E-state index contributed by atoms with van der Waals surface area (Å²) in [4.78, 5) is 0. The van der Waals surface area contributed by atoms with Crippen molar-refractivity contribution in [2.45, 2.75) is 25.0 Å². The van der Waals surface area contributed by atoms with E-state index in [0.717, 1.165) is 47.3 Å². The molecule has 2 heteroatoms. The van der Waals surface area contributed by atoms with Gasteiger partial charge in [-0.3, -0.25) is 0 Å². The number of aliphatic hydroxyl groups is 2. The Labute approximate surface area is 107 Å². The summed E-state index contributed by atoms with van der Waals surface area (Å²) in [7, 11) is 0. The number of hydrogen-bond acceptors (Lipinski definition) is 2. The van der Waals surface area contributed by atoms with Crippen LogP contribution in [0.2, 0.25) is 0 Å². The van der Waals surface area contributed by atoms with E-state index >= 15 is 0 Å². The Morgan fingerprint density at radius 1 is 0.444 bits per heavy atom. The molecule has 7 rings (SSSR count). The van der Waals surface area contributed by atoms with Crippen molar-refractivity contribution in [1.29, 1.82) is 0 Å². The first-order chi connectivity index (χ1) is 8.80. The van der Waals surface area contributed by atoms with Gasteiger partial charge >= 0.3 is 0 Å². The van der Waals surface area contributed by atoms with Gasteiger partial charge in [0.15, 0.2) is 0 Å². The first-order valence-corrected chi connectivity index (χ1v) is 8.17. The number of rotatable bonds is 0. The lowest BCUT2D eigenvalue weighted by molar-refractivity contribution is -0.0896. The second kappa shape index (κ2) is 2.22. The van der Waals surface area contributed by atoms with Gasteiger partial charge in [0.2, 0.25) is 0 Å². The van der Waals surface area contributed by atoms with Crippen LogP contribution in [0, 0.1) is 71.0 Å². The van der Waals surface area contributed by atoms with Crippen molar-refractivity contribution in [2.24, 2.45) is 71.0 Å². The number of aliphatic hydroxyl groups excluding tert-OH is 2. The fourth-order valence-electron chi connectivity index (χ4n) is 9.73. The van der Waals surface area contributed by atoms with Gasteiger partial charge in [0.05, 0.1) is 12.2 Å². The van der Waals surface area contributed by atoms with Crippen LogP contribution in [-0.2, 0) is 0 Å². The van der Waals surface area contributed by atoms with Crippen LogP contribution in [-0.4, -0.2) is 22.4 Å². The standard InChI is InChI=1S/C16H20O2/c17-15-6-3-1-2-4-5(3)8-9(6)11-12-10(8)7(4)16(18)14(12)13(11)15/h3-18H,1-2H2/t3-,4-,5?,6-,7-,8?,9-,10+,11-,12+,13+,14-,15-,16+/m1/s1. The highest BCUT2D eigenvalue weighted by Gasteiger charge is 2.86. The summed E-state index contributed by atoms with van der Waals surface area (Å²) < 4.78 is 0. The van der Waals surface area contributed by atoms with Crippen molar-refractivity contribution < 1.29 is 10.2 Å².